The zero-order valence-corrected chi connectivity index (χ0v) is 18.2. The lowest BCUT2D eigenvalue weighted by molar-refractivity contribution is -0.121. The molecule has 0 aliphatic carbocycles. The molecule has 4 heterocycles. The normalized spacial score (nSPS) is 15.3. The molecule has 1 atom stereocenters. The summed E-state index contributed by atoms with van der Waals surface area (Å²) < 4.78 is 3.95. The predicted octanol–water partition coefficient (Wildman–Crippen LogP) is 2.93. The third-order valence-corrected chi connectivity index (χ3v) is 5.97. The SMILES string of the molecule is C[C@H]1CCc2c(ccc3c2nc(CCn2cccn2)n3CC(=O)NCc2cccnc2)N1. The fraction of sp³-hybridized carbons (Fsp3) is 0.333. The number of aryl methyl sites for hydroxylation is 3. The Hall–Kier alpha value is -3.68. The van der Waals surface area contributed by atoms with Gasteiger partial charge in [-0.25, -0.2) is 4.98 Å². The van der Waals surface area contributed by atoms with Crippen LogP contribution in [0.4, 0.5) is 5.69 Å². The maximum atomic E-state index is 12.8. The molecule has 0 spiro atoms. The molecule has 32 heavy (non-hydrogen) atoms. The first-order valence-electron chi connectivity index (χ1n) is 11.1. The van der Waals surface area contributed by atoms with Gasteiger partial charge in [-0.1, -0.05) is 6.07 Å². The number of nitrogens with one attached hydrogen (secondary N) is 2. The molecule has 1 aliphatic rings. The third-order valence-electron chi connectivity index (χ3n) is 5.97. The van der Waals surface area contributed by atoms with Crippen LogP contribution in [0, 0.1) is 0 Å². The minimum absolute atomic E-state index is 0.0436. The summed E-state index contributed by atoms with van der Waals surface area (Å²) in [6.45, 7) is 3.60. The molecule has 0 saturated heterocycles. The Labute approximate surface area is 186 Å². The standard InChI is InChI=1S/C24H27N7O/c1-17-5-6-19-20(28-17)7-8-21-24(19)29-22(9-13-30-12-3-11-27-30)31(21)16-23(32)26-15-18-4-2-10-25-14-18/h2-4,7-8,10-12,14,17,28H,5-6,9,13,15-16H2,1H3,(H,26,32)/t17-/m0/s1. The summed E-state index contributed by atoms with van der Waals surface area (Å²) in [7, 11) is 0. The smallest absolute Gasteiger partial charge is 0.240 e. The van der Waals surface area contributed by atoms with Crippen LogP contribution in [0.15, 0.2) is 55.1 Å². The lowest BCUT2D eigenvalue weighted by atomic mass is 9.98. The van der Waals surface area contributed by atoms with E-state index in [0.29, 0.717) is 25.6 Å². The Morgan fingerprint density at radius 3 is 3.00 bits per heavy atom. The number of nitrogens with zero attached hydrogens (tertiary/aromatic N) is 5. The van der Waals surface area contributed by atoms with Crippen molar-refractivity contribution in [3.8, 4) is 0 Å². The van der Waals surface area contributed by atoms with Gasteiger partial charge in [-0.2, -0.15) is 5.10 Å². The second-order valence-corrected chi connectivity index (χ2v) is 8.31. The molecular formula is C24H27N7O. The van der Waals surface area contributed by atoms with E-state index in [4.69, 9.17) is 4.98 Å². The topological polar surface area (TPSA) is 89.7 Å². The summed E-state index contributed by atoms with van der Waals surface area (Å²) in [5.74, 6) is 0.858. The minimum Gasteiger partial charge on any atom is -0.382 e. The number of anilines is 1. The number of amides is 1. The number of carbonyl (C=O) groups is 1. The maximum absolute atomic E-state index is 12.8. The zero-order valence-electron chi connectivity index (χ0n) is 18.2. The first kappa shape index (κ1) is 20.2. The van der Waals surface area contributed by atoms with Gasteiger partial charge in [0.1, 0.15) is 12.4 Å². The summed E-state index contributed by atoms with van der Waals surface area (Å²) >= 11 is 0. The van der Waals surface area contributed by atoms with Crippen LogP contribution in [0.5, 0.6) is 0 Å². The highest BCUT2D eigenvalue weighted by Crippen LogP contribution is 2.32. The quantitative estimate of drug-likeness (QED) is 0.472. The van der Waals surface area contributed by atoms with Crippen molar-refractivity contribution in [1.82, 2.24) is 29.6 Å². The van der Waals surface area contributed by atoms with Crippen LogP contribution in [0.1, 0.15) is 30.3 Å². The van der Waals surface area contributed by atoms with Gasteiger partial charge in [0, 0.05) is 61.6 Å². The fourth-order valence-corrected chi connectivity index (χ4v) is 4.30. The lowest BCUT2D eigenvalue weighted by Crippen LogP contribution is -2.28. The second-order valence-electron chi connectivity index (χ2n) is 8.31. The number of rotatable bonds is 7. The van der Waals surface area contributed by atoms with Gasteiger partial charge in [0.25, 0.3) is 0 Å². The van der Waals surface area contributed by atoms with E-state index in [1.807, 2.05) is 29.1 Å². The average molecular weight is 430 g/mol. The van der Waals surface area contributed by atoms with Crippen LogP contribution in [-0.2, 0) is 37.3 Å². The van der Waals surface area contributed by atoms with Gasteiger partial charge < -0.3 is 15.2 Å². The van der Waals surface area contributed by atoms with Crippen LogP contribution < -0.4 is 10.6 Å². The fourth-order valence-electron chi connectivity index (χ4n) is 4.30. The van der Waals surface area contributed by atoms with Gasteiger partial charge in [0.2, 0.25) is 5.91 Å². The van der Waals surface area contributed by atoms with Gasteiger partial charge in [0.05, 0.1) is 11.0 Å². The van der Waals surface area contributed by atoms with E-state index in [1.165, 1.54) is 5.56 Å². The van der Waals surface area contributed by atoms with Gasteiger partial charge in [-0.05, 0) is 49.6 Å². The largest absolute Gasteiger partial charge is 0.382 e. The van der Waals surface area contributed by atoms with Crippen molar-refractivity contribution < 1.29 is 4.79 Å². The van der Waals surface area contributed by atoms with Crippen molar-refractivity contribution in [3.05, 3.63) is 72.1 Å². The lowest BCUT2D eigenvalue weighted by Gasteiger charge is -2.24. The summed E-state index contributed by atoms with van der Waals surface area (Å²) in [4.78, 5) is 22.0. The number of fused-ring (bicyclic) bond motifs is 3. The Balaban J connectivity index is 1.43. The first-order chi connectivity index (χ1) is 15.7. The molecule has 2 N–H and O–H groups in total. The highest BCUT2D eigenvalue weighted by Gasteiger charge is 2.22. The van der Waals surface area contributed by atoms with Crippen molar-refractivity contribution in [2.24, 2.45) is 0 Å². The highest BCUT2D eigenvalue weighted by atomic mass is 16.1. The number of hydrogen-bond acceptors (Lipinski definition) is 5. The molecule has 4 aromatic rings. The molecule has 8 heteroatoms. The average Bonchev–Trinajstić information content (AvgIpc) is 3.45. The van der Waals surface area contributed by atoms with Gasteiger partial charge in [0.15, 0.2) is 0 Å². The van der Waals surface area contributed by atoms with Gasteiger partial charge in [-0.15, -0.1) is 0 Å². The van der Waals surface area contributed by atoms with Crippen molar-refractivity contribution in [2.75, 3.05) is 5.32 Å². The Morgan fingerprint density at radius 1 is 1.25 bits per heavy atom. The molecule has 0 fully saturated rings. The molecule has 1 amide bonds. The summed E-state index contributed by atoms with van der Waals surface area (Å²) in [6, 6.07) is 10.4. The second kappa shape index (κ2) is 8.82. The van der Waals surface area contributed by atoms with Crippen molar-refractivity contribution in [1.29, 1.82) is 0 Å². The molecule has 0 saturated carbocycles. The van der Waals surface area contributed by atoms with E-state index in [1.54, 1.807) is 18.6 Å². The van der Waals surface area contributed by atoms with E-state index in [0.717, 1.165) is 41.0 Å². The molecular weight excluding hydrogens is 402 g/mol. The van der Waals surface area contributed by atoms with E-state index < -0.39 is 0 Å². The Kier molecular flexibility index (Phi) is 5.58. The Bertz CT molecular complexity index is 1210. The summed E-state index contributed by atoms with van der Waals surface area (Å²) in [5, 5.41) is 10.9. The van der Waals surface area contributed by atoms with Crippen LogP contribution in [-0.4, -0.2) is 36.3 Å². The number of imidazole rings is 1. The third kappa shape index (κ3) is 4.21. The van der Waals surface area contributed by atoms with Gasteiger partial charge in [-0.3, -0.25) is 14.5 Å². The molecule has 164 valence electrons. The van der Waals surface area contributed by atoms with Crippen LogP contribution >= 0.6 is 0 Å². The van der Waals surface area contributed by atoms with E-state index in [-0.39, 0.29) is 12.5 Å². The van der Waals surface area contributed by atoms with Crippen LogP contribution in [0.25, 0.3) is 11.0 Å². The molecule has 8 nitrogen and oxygen atoms in total. The molecule has 0 radical (unpaired) electrons. The van der Waals surface area contributed by atoms with Crippen molar-refractivity contribution >= 4 is 22.6 Å². The molecule has 3 aromatic heterocycles. The zero-order chi connectivity index (χ0) is 21.9. The number of aromatic nitrogens is 5. The number of benzene rings is 1. The molecule has 0 unspecified atom stereocenters. The molecule has 1 aromatic carbocycles. The first-order valence-corrected chi connectivity index (χ1v) is 11.1. The van der Waals surface area contributed by atoms with Crippen LogP contribution in [0.3, 0.4) is 0 Å². The van der Waals surface area contributed by atoms with Crippen LogP contribution in [0.2, 0.25) is 0 Å². The van der Waals surface area contributed by atoms with Gasteiger partial charge >= 0.3 is 0 Å². The number of carbonyl (C=O) groups excluding carboxylic acids is 1. The minimum atomic E-state index is -0.0436. The van der Waals surface area contributed by atoms with E-state index in [2.05, 4.69) is 44.3 Å². The summed E-state index contributed by atoms with van der Waals surface area (Å²) in [6.07, 6.45) is 9.98. The molecule has 0 bridgehead atoms. The highest BCUT2D eigenvalue weighted by molar-refractivity contribution is 5.87. The van der Waals surface area contributed by atoms with Crippen molar-refractivity contribution in [2.45, 2.75) is 51.9 Å². The summed E-state index contributed by atoms with van der Waals surface area (Å²) in [5.41, 5.74) is 5.38. The predicted molar refractivity (Wildman–Crippen MR) is 123 cm³/mol. The molecule has 5 rings (SSSR count). The number of pyridine rings is 1. The van der Waals surface area contributed by atoms with E-state index in [9.17, 15) is 4.79 Å². The Morgan fingerprint density at radius 2 is 2.19 bits per heavy atom. The molecule has 1 aliphatic heterocycles. The van der Waals surface area contributed by atoms with Crippen molar-refractivity contribution in [3.63, 3.8) is 0 Å². The monoisotopic (exact) mass is 429 g/mol. The number of hydrogen-bond donors (Lipinski definition) is 2. The maximum Gasteiger partial charge on any atom is 0.240 e. The van der Waals surface area contributed by atoms with E-state index >= 15 is 0 Å².